The Morgan fingerprint density at radius 1 is 0.840 bits per heavy atom. The van der Waals surface area contributed by atoms with Gasteiger partial charge in [-0.3, -0.25) is 19.2 Å². The largest absolute Gasteiger partial charge is 0.345 e. The molecule has 0 aromatic rings. The zero-order valence-electron chi connectivity index (χ0n) is 16.3. The summed E-state index contributed by atoms with van der Waals surface area (Å²) in [6.45, 7) is 10.0. The molecule has 0 radical (unpaired) electrons. The number of carbonyl (C=O) groups is 4. The Balaban J connectivity index is 4.99. The molecule has 3 amide bonds. The van der Waals surface area contributed by atoms with Gasteiger partial charge in [0, 0.05) is 6.92 Å². The summed E-state index contributed by atoms with van der Waals surface area (Å²) in [4.78, 5) is 47.6. The van der Waals surface area contributed by atoms with Gasteiger partial charge in [0.15, 0.2) is 5.78 Å². The van der Waals surface area contributed by atoms with E-state index in [0.29, 0.717) is 6.42 Å². The molecule has 25 heavy (non-hydrogen) atoms. The fourth-order valence-corrected chi connectivity index (χ4v) is 2.31. The van der Waals surface area contributed by atoms with E-state index in [4.69, 9.17) is 0 Å². The third-order valence-corrected chi connectivity index (χ3v) is 4.01. The lowest BCUT2D eigenvalue weighted by atomic mass is 10.0. The predicted molar refractivity (Wildman–Crippen MR) is 96.8 cm³/mol. The summed E-state index contributed by atoms with van der Waals surface area (Å²) in [5.74, 6) is -1.38. The highest BCUT2D eigenvalue weighted by Crippen LogP contribution is 2.07. The summed E-state index contributed by atoms with van der Waals surface area (Å²) in [7, 11) is 0. The fourth-order valence-electron chi connectivity index (χ4n) is 2.31. The number of hydrogen-bond acceptors (Lipinski definition) is 4. The summed E-state index contributed by atoms with van der Waals surface area (Å²) in [5, 5.41) is 7.97. The number of carbonyl (C=O) groups excluding carboxylic acids is 4. The van der Waals surface area contributed by atoms with Crippen molar-refractivity contribution in [3.63, 3.8) is 0 Å². The summed E-state index contributed by atoms with van der Waals surface area (Å²) >= 11 is 0. The van der Waals surface area contributed by atoms with Gasteiger partial charge in [0.25, 0.3) is 0 Å². The maximum atomic E-state index is 12.5. The smallest absolute Gasteiger partial charge is 0.243 e. The molecule has 7 heteroatoms. The molecule has 7 nitrogen and oxygen atoms in total. The van der Waals surface area contributed by atoms with Gasteiger partial charge in [0.2, 0.25) is 17.7 Å². The van der Waals surface area contributed by atoms with Gasteiger partial charge in [-0.05, 0) is 26.2 Å². The van der Waals surface area contributed by atoms with Crippen LogP contribution < -0.4 is 16.0 Å². The van der Waals surface area contributed by atoms with Crippen molar-refractivity contribution in [2.45, 2.75) is 85.4 Å². The van der Waals surface area contributed by atoms with E-state index >= 15 is 0 Å². The van der Waals surface area contributed by atoms with E-state index in [9.17, 15) is 19.2 Å². The third kappa shape index (κ3) is 9.22. The van der Waals surface area contributed by atoms with Crippen molar-refractivity contribution in [1.29, 1.82) is 0 Å². The number of hydrogen-bond donors (Lipinski definition) is 3. The molecule has 1 unspecified atom stereocenters. The molecule has 0 rings (SSSR count). The number of amides is 3. The first-order valence-corrected chi connectivity index (χ1v) is 8.98. The van der Waals surface area contributed by atoms with Crippen LogP contribution in [0.4, 0.5) is 0 Å². The van der Waals surface area contributed by atoms with Crippen LogP contribution in [-0.2, 0) is 19.2 Å². The number of nitrogens with one attached hydrogen (secondary N) is 3. The zero-order valence-corrected chi connectivity index (χ0v) is 16.3. The van der Waals surface area contributed by atoms with Crippen LogP contribution in [0.2, 0.25) is 0 Å². The normalized spacial score (nSPS) is 14.4. The Morgan fingerprint density at radius 2 is 1.44 bits per heavy atom. The molecule has 0 aliphatic heterocycles. The lowest BCUT2D eigenvalue weighted by Crippen LogP contribution is -2.56. The van der Waals surface area contributed by atoms with E-state index in [1.54, 1.807) is 6.92 Å². The van der Waals surface area contributed by atoms with Gasteiger partial charge in [-0.2, -0.15) is 0 Å². The van der Waals surface area contributed by atoms with Crippen molar-refractivity contribution >= 4 is 23.5 Å². The van der Waals surface area contributed by atoms with Crippen LogP contribution in [0.5, 0.6) is 0 Å². The molecule has 3 N–H and O–H groups in total. The number of rotatable bonds is 11. The molecule has 144 valence electrons. The quantitative estimate of drug-likeness (QED) is 0.486. The lowest BCUT2D eigenvalue weighted by molar-refractivity contribution is -0.133. The van der Waals surface area contributed by atoms with E-state index in [0.717, 1.165) is 19.3 Å². The van der Waals surface area contributed by atoms with Crippen LogP contribution in [0, 0.1) is 5.92 Å². The number of unbranched alkanes of at least 4 members (excludes halogenated alkanes) is 2. The van der Waals surface area contributed by atoms with E-state index < -0.39 is 24.0 Å². The molecule has 3 atom stereocenters. The van der Waals surface area contributed by atoms with Gasteiger partial charge in [-0.15, -0.1) is 0 Å². The molecule has 0 aromatic carbocycles. The van der Waals surface area contributed by atoms with Gasteiger partial charge in [0.05, 0.1) is 6.04 Å². The van der Waals surface area contributed by atoms with Crippen molar-refractivity contribution in [3.8, 4) is 0 Å². The average molecular weight is 355 g/mol. The second-order valence-corrected chi connectivity index (χ2v) is 6.82. The molecular formula is C18H33N3O4. The predicted octanol–water partition coefficient (Wildman–Crippen LogP) is 1.31. The van der Waals surface area contributed by atoms with Crippen LogP contribution in [-0.4, -0.2) is 41.6 Å². The Kier molecular flexibility index (Phi) is 10.7. The van der Waals surface area contributed by atoms with Gasteiger partial charge >= 0.3 is 0 Å². The number of ketones is 1. The summed E-state index contributed by atoms with van der Waals surface area (Å²) in [5.41, 5.74) is 0. The maximum Gasteiger partial charge on any atom is 0.243 e. The number of Topliss-reactive ketones (excluding diaryl/α,β-unsaturated/α-hetero) is 1. The minimum Gasteiger partial charge on any atom is -0.345 e. The molecule has 0 fully saturated rings. The van der Waals surface area contributed by atoms with Crippen LogP contribution in [0.3, 0.4) is 0 Å². The van der Waals surface area contributed by atoms with E-state index in [-0.39, 0.29) is 23.5 Å². The Morgan fingerprint density at radius 3 is 1.88 bits per heavy atom. The maximum absolute atomic E-state index is 12.5. The first-order valence-electron chi connectivity index (χ1n) is 8.98. The average Bonchev–Trinajstić information content (AvgIpc) is 2.50. The molecule has 0 saturated carbocycles. The minimum atomic E-state index is -0.767. The van der Waals surface area contributed by atoms with Gasteiger partial charge in [0.1, 0.15) is 12.1 Å². The molecular weight excluding hydrogens is 322 g/mol. The van der Waals surface area contributed by atoms with Gasteiger partial charge in [-0.1, -0.05) is 40.0 Å². The second-order valence-electron chi connectivity index (χ2n) is 6.82. The summed E-state index contributed by atoms with van der Waals surface area (Å²) in [6, 6.07) is -2.04. The van der Waals surface area contributed by atoms with Crippen LogP contribution in [0.15, 0.2) is 0 Å². The monoisotopic (exact) mass is 355 g/mol. The van der Waals surface area contributed by atoms with Crippen LogP contribution in [0.25, 0.3) is 0 Å². The van der Waals surface area contributed by atoms with Gasteiger partial charge < -0.3 is 16.0 Å². The lowest BCUT2D eigenvalue weighted by Gasteiger charge is -2.26. The third-order valence-electron chi connectivity index (χ3n) is 4.01. The zero-order chi connectivity index (χ0) is 19.6. The summed E-state index contributed by atoms with van der Waals surface area (Å²) < 4.78 is 0. The first kappa shape index (κ1) is 23.1. The van der Waals surface area contributed by atoms with E-state index in [1.165, 1.54) is 13.8 Å². The van der Waals surface area contributed by atoms with Gasteiger partial charge in [-0.25, -0.2) is 0 Å². The Bertz CT molecular complexity index is 477. The molecule has 0 aliphatic carbocycles. The highest BCUT2D eigenvalue weighted by molar-refractivity contribution is 5.94. The fraction of sp³-hybridized carbons (Fsp3) is 0.778. The topological polar surface area (TPSA) is 104 Å². The molecule has 0 aliphatic rings. The highest BCUT2D eigenvalue weighted by Gasteiger charge is 2.29. The summed E-state index contributed by atoms with van der Waals surface area (Å²) in [6.07, 6.45) is 3.31. The molecule has 0 aromatic heterocycles. The van der Waals surface area contributed by atoms with Crippen LogP contribution in [0.1, 0.15) is 67.2 Å². The van der Waals surface area contributed by atoms with Crippen molar-refractivity contribution < 1.29 is 19.2 Å². The van der Waals surface area contributed by atoms with Crippen molar-refractivity contribution in [1.82, 2.24) is 16.0 Å². The molecule has 0 bridgehead atoms. The second kappa shape index (κ2) is 11.6. The molecule has 0 spiro atoms. The van der Waals surface area contributed by atoms with Crippen molar-refractivity contribution in [2.75, 3.05) is 0 Å². The molecule has 0 heterocycles. The van der Waals surface area contributed by atoms with Crippen molar-refractivity contribution in [3.05, 3.63) is 0 Å². The van der Waals surface area contributed by atoms with E-state index in [2.05, 4.69) is 22.9 Å². The SMILES string of the molecule is CCCCC[C@H](NC(C)=O)C(=O)NC(C(=O)N[C@@H](C)C(C)=O)C(C)C. The molecule has 0 saturated heterocycles. The standard InChI is InChI=1S/C18H33N3O4/c1-7-8-9-10-15(20-14(6)23)17(24)21-16(11(2)3)18(25)19-12(4)13(5)22/h11-12,15-16H,7-10H2,1-6H3,(H,19,25)(H,20,23)(H,21,24)/t12-,15-,16?/m0/s1. The Labute approximate surface area is 150 Å². The van der Waals surface area contributed by atoms with Crippen molar-refractivity contribution in [2.24, 2.45) is 5.92 Å². The Hall–Kier alpha value is -1.92. The van der Waals surface area contributed by atoms with E-state index in [1.807, 2.05) is 13.8 Å². The first-order chi connectivity index (χ1) is 11.6. The highest BCUT2D eigenvalue weighted by atomic mass is 16.2. The minimum absolute atomic E-state index is 0.155. The van der Waals surface area contributed by atoms with Crippen LogP contribution >= 0.6 is 0 Å².